The van der Waals surface area contributed by atoms with E-state index in [2.05, 4.69) is 15.9 Å². The molecule has 0 spiro atoms. The van der Waals surface area contributed by atoms with Crippen molar-refractivity contribution in [3.05, 3.63) is 0 Å². The van der Waals surface area contributed by atoms with Gasteiger partial charge in [0.05, 0.1) is 0 Å². The molecule has 0 aromatic rings. The molecule has 1 aliphatic carbocycles. The molecular formula is C11H20BrNO. The molecule has 1 aliphatic rings. The van der Waals surface area contributed by atoms with E-state index < -0.39 is 0 Å². The van der Waals surface area contributed by atoms with Gasteiger partial charge in [-0.05, 0) is 31.6 Å². The molecule has 82 valence electrons. The molecule has 0 saturated heterocycles. The molecule has 0 N–H and O–H groups in total. The molecule has 0 aromatic heterocycles. The minimum Gasteiger partial charge on any atom is -0.346 e. The SMILES string of the molecule is CN(CCCCCBr)C(=O)CC1CC1. The van der Waals surface area contributed by atoms with E-state index in [1.807, 2.05) is 11.9 Å². The van der Waals surface area contributed by atoms with Gasteiger partial charge in [-0.3, -0.25) is 4.79 Å². The summed E-state index contributed by atoms with van der Waals surface area (Å²) in [5.41, 5.74) is 0. The van der Waals surface area contributed by atoms with Crippen molar-refractivity contribution in [1.82, 2.24) is 4.90 Å². The highest BCUT2D eigenvalue weighted by Gasteiger charge is 2.25. The van der Waals surface area contributed by atoms with E-state index in [0.717, 1.165) is 24.7 Å². The summed E-state index contributed by atoms with van der Waals surface area (Å²) in [6.07, 6.45) is 6.89. The number of hydrogen-bond donors (Lipinski definition) is 0. The number of carbonyl (C=O) groups excluding carboxylic acids is 1. The van der Waals surface area contributed by atoms with Crippen molar-refractivity contribution in [2.24, 2.45) is 5.92 Å². The summed E-state index contributed by atoms with van der Waals surface area (Å²) in [5.74, 6) is 1.05. The summed E-state index contributed by atoms with van der Waals surface area (Å²) in [6, 6.07) is 0. The molecule has 1 rings (SSSR count). The fraction of sp³-hybridized carbons (Fsp3) is 0.909. The molecule has 1 saturated carbocycles. The van der Waals surface area contributed by atoms with Crippen LogP contribution in [0.15, 0.2) is 0 Å². The summed E-state index contributed by atoms with van der Waals surface area (Å²) in [7, 11) is 1.93. The largest absolute Gasteiger partial charge is 0.346 e. The van der Waals surface area contributed by atoms with Gasteiger partial charge in [0.2, 0.25) is 5.91 Å². The highest BCUT2D eigenvalue weighted by molar-refractivity contribution is 9.09. The van der Waals surface area contributed by atoms with Gasteiger partial charge in [-0.25, -0.2) is 0 Å². The topological polar surface area (TPSA) is 20.3 Å². The molecule has 0 atom stereocenters. The smallest absolute Gasteiger partial charge is 0.222 e. The summed E-state index contributed by atoms with van der Waals surface area (Å²) in [4.78, 5) is 13.5. The zero-order valence-corrected chi connectivity index (χ0v) is 10.6. The summed E-state index contributed by atoms with van der Waals surface area (Å²) in [5, 5.41) is 1.08. The van der Waals surface area contributed by atoms with Crippen LogP contribution in [0.1, 0.15) is 38.5 Å². The Labute approximate surface area is 95.2 Å². The van der Waals surface area contributed by atoms with E-state index in [4.69, 9.17) is 0 Å². The van der Waals surface area contributed by atoms with Gasteiger partial charge < -0.3 is 4.90 Å². The fourth-order valence-electron chi connectivity index (χ4n) is 1.47. The Balaban J connectivity index is 2.00. The maximum Gasteiger partial charge on any atom is 0.222 e. The third-order valence-electron chi connectivity index (χ3n) is 2.71. The van der Waals surface area contributed by atoms with Crippen molar-refractivity contribution in [2.45, 2.75) is 38.5 Å². The zero-order valence-electron chi connectivity index (χ0n) is 8.97. The van der Waals surface area contributed by atoms with Gasteiger partial charge in [-0.15, -0.1) is 0 Å². The fourth-order valence-corrected chi connectivity index (χ4v) is 1.87. The predicted molar refractivity (Wildman–Crippen MR) is 62.6 cm³/mol. The molecule has 0 aliphatic heterocycles. The van der Waals surface area contributed by atoms with Crippen molar-refractivity contribution >= 4 is 21.8 Å². The van der Waals surface area contributed by atoms with Crippen molar-refractivity contribution < 1.29 is 4.79 Å². The third kappa shape index (κ3) is 4.99. The van der Waals surface area contributed by atoms with Gasteiger partial charge in [-0.2, -0.15) is 0 Å². The van der Waals surface area contributed by atoms with Crippen LogP contribution >= 0.6 is 15.9 Å². The third-order valence-corrected chi connectivity index (χ3v) is 3.27. The van der Waals surface area contributed by atoms with Crippen molar-refractivity contribution in [1.29, 1.82) is 0 Å². The molecule has 0 bridgehead atoms. The Bertz CT molecular complexity index is 180. The predicted octanol–water partition coefficient (Wildman–Crippen LogP) is 2.81. The standard InChI is InChI=1S/C11H20BrNO/c1-13(8-4-2-3-7-12)11(14)9-10-5-6-10/h10H,2-9H2,1H3. The minimum atomic E-state index is 0.339. The second-order valence-electron chi connectivity index (χ2n) is 4.21. The molecule has 1 fully saturated rings. The minimum absolute atomic E-state index is 0.339. The normalized spacial score (nSPS) is 15.6. The van der Waals surface area contributed by atoms with Crippen LogP contribution in [0, 0.1) is 5.92 Å². The molecule has 2 nitrogen and oxygen atoms in total. The molecule has 3 heteroatoms. The van der Waals surface area contributed by atoms with Crippen molar-refractivity contribution in [3.63, 3.8) is 0 Å². The van der Waals surface area contributed by atoms with E-state index in [0.29, 0.717) is 11.8 Å². The van der Waals surface area contributed by atoms with Crippen molar-refractivity contribution in [3.8, 4) is 0 Å². The molecule has 1 amide bonds. The number of rotatable bonds is 7. The highest BCUT2D eigenvalue weighted by atomic mass is 79.9. The van der Waals surface area contributed by atoms with Crippen molar-refractivity contribution in [2.75, 3.05) is 18.9 Å². The van der Waals surface area contributed by atoms with Crippen LogP contribution in [-0.2, 0) is 4.79 Å². The van der Waals surface area contributed by atoms with Crippen LogP contribution in [0.25, 0.3) is 0 Å². The Hall–Kier alpha value is -0.0500. The first-order valence-electron chi connectivity index (χ1n) is 5.54. The molecular weight excluding hydrogens is 242 g/mol. The lowest BCUT2D eigenvalue weighted by atomic mass is 10.2. The average molecular weight is 262 g/mol. The van der Waals surface area contributed by atoms with Gasteiger partial charge in [0.1, 0.15) is 0 Å². The van der Waals surface area contributed by atoms with Crippen LogP contribution in [0.5, 0.6) is 0 Å². The highest BCUT2D eigenvalue weighted by Crippen LogP contribution is 2.32. The second kappa shape index (κ2) is 6.44. The molecule has 0 aromatic carbocycles. The number of carbonyl (C=O) groups is 1. The second-order valence-corrected chi connectivity index (χ2v) is 5.01. The molecule has 0 heterocycles. The van der Waals surface area contributed by atoms with Crippen LogP contribution in [-0.4, -0.2) is 29.7 Å². The zero-order chi connectivity index (χ0) is 10.4. The van der Waals surface area contributed by atoms with Gasteiger partial charge >= 0.3 is 0 Å². The molecule has 14 heavy (non-hydrogen) atoms. The van der Waals surface area contributed by atoms with Crippen LogP contribution in [0.2, 0.25) is 0 Å². The molecule has 0 radical (unpaired) electrons. The maximum atomic E-state index is 11.6. The van der Waals surface area contributed by atoms with Crippen LogP contribution in [0.3, 0.4) is 0 Å². The summed E-state index contributed by atoms with van der Waals surface area (Å²) >= 11 is 3.41. The monoisotopic (exact) mass is 261 g/mol. The number of amides is 1. The lowest BCUT2D eigenvalue weighted by Gasteiger charge is -2.16. The van der Waals surface area contributed by atoms with E-state index in [-0.39, 0.29) is 0 Å². The Morgan fingerprint density at radius 3 is 2.64 bits per heavy atom. The van der Waals surface area contributed by atoms with E-state index >= 15 is 0 Å². The van der Waals surface area contributed by atoms with Crippen LogP contribution in [0.4, 0.5) is 0 Å². The van der Waals surface area contributed by atoms with Gasteiger partial charge in [0.15, 0.2) is 0 Å². The van der Waals surface area contributed by atoms with Gasteiger partial charge in [0, 0.05) is 25.3 Å². The first kappa shape index (κ1) is 12.0. The number of nitrogens with zero attached hydrogens (tertiary/aromatic N) is 1. The number of alkyl halides is 1. The molecule has 0 unspecified atom stereocenters. The van der Waals surface area contributed by atoms with E-state index in [1.165, 1.54) is 25.7 Å². The van der Waals surface area contributed by atoms with E-state index in [1.54, 1.807) is 0 Å². The Morgan fingerprint density at radius 2 is 2.07 bits per heavy atom. The summed E-state index contributed by atoms with van der Waals surface area (Å²) < 4.78 is 0. The maximum absolute atomic E-state index is 11.6. The number of hydrogen-bond acceptors (Lipinski definition) is 1. The quantitative estimate of drug-likeness (QED) is 0.510. The van der Waals surface area contributed by atoms with Gasteiger partial charge in [-0.1, -0.05) is 22.4 Å². The lowest BCUT2D eigenvalue weighted by Crippen LogP contribution is -2.27. The summed E-state index contributed by atoms with van der Waals surface area (Å²) in [6.45, 7) is 0.929. The van der Waals surface area contributed by atoms with Gasteiger partial charge in [0.25, 0.3) is 0 Å². The first-order chi connectivity index (χ1) is 6.74. The number of unbranched alkanes of at least 4 members (excludes halogenated alkanes) is 2. The van der Waals surface area contributed by atoms with Crippen LogP contribution < -0.4 is 0 Å². The first-order valence-corrected chi connectivity index (χ1v) is 6.66. The lowest BCUT2D eigenvalue weighted by molar-refractivity contribution is -0.130. The van der Waals surface area contributed by atoms with E-state index in [9.17, 15) is 4.79 Å². The Morgan fingerprint density at radius 1 is 1.36 bits per heavy atom. The Kier molecular flexibility index (Phi) is 5.53. The number of halogens is 1. The average Bonchev–Trinajstić information content (AvgIpc) is 2.96.